The summed E-state index contributed by atoms with van der Waals surface area (Å²) < 4.78 is 10.6. The van der Waals surface area contributed by atoms with E-state index in [0.717, 1.165) is 32.2 Å². The van der Waals surface area contributed by atoms with Crippen molar-refractivity contribution in [2.24, 2.45) is 5.92 Å². The van der Waals surface area contributed by atoms with Gasteiger partial charge in [0.2, 0.25) is 11.8 Å². The van der Waals surface area contributed by atoms with Crippen molar-refractivity contribution < 1.29 is 23.9 Å². The van der Waals surface area contributed by atoms with E-state index < -0.39 is 0 Å². The van der Waals surface area contributed by atoms with Crippen LogP contribution in [0, 0.1) is 5.92 Å². The van der Waals surface area contributed by atoms with Crippen LogP contribution in [0.1, 0.15) is 55.3 Å². The van der Waals surface area contributed by atoms with Crippen LogP contribution in [0.15, 0.2) is 18.2 Å². The van der Waals surface area contributed by atoms with Crippen LogP contribution in [-0.4, -0.2) is 74.5 Å². The van der Waals surface area contributed by atoms with Crippen LogP contribution in [0.4, 0.5) is 0 Å². The second-order valence-electron chi connectivity index (χ2n) is 8.47. The Bertz CT molecular complexity index is 805. The third kappa shape index (κ3) is 6.14. The molecule has 0 aromatic heterocycles. The zero-order valence-corrected chi connectivity index (χ0v) is 19.2. The molecule has 3 rings (SSSR count). The number of methoxy groups -OCH3 is 2. The summed E-state index contributed by atoms with van der Waals surface area (Å²) in [6.45, 7) is 2.94. The SMILES string of the molecule is COc1ccc(C(=O)N2CCC(C(=O)N3CCCCCCNC(=O)CC3)CC2)c(OC)c1. The van der Waals surface area contributed by atoms with Gasteiger partial charge in [-0.2, -0.15) is 0 Å². The molecular weight excluding hydrogens is 410 g/mol. The number of rotatable bonds is 4. The second-order valence-corrected chi connectivity index (χ2v) is 8.47. The van der Waals surface area contributed by atoms with Crippen LogP contribution in [-0.2, 0) is 9.59 Å². The molecule has 176 valence electrons. The molecule has 8 nitrogen and oxygen atoms in total. The van der Waals surface area contributed by atoms with Gasteiger partial charge in [-0.3, -0.25) is 14.4 Å². The van der Waals surface area contributed by atoms with E-state index in [2.05, 4.69) is 5.32 Å². The monoisotopic (exact) mass is 445 g/mol. The molecule has 2 heterocycles. The fraction of sp³-hybridized carbons (Fsp3) is 0.625. The third-order valence-corrected chi connectivity index (χ3v) is 6.37. The highest BCUT2D eigenvalue weighted by atomic mass is 16.5. The van der Waals surface area contributed by atoms with Crippen molar-refractivity contribution in [1.29, 1.82) is 0 Å². The van der Waals surface area contributed by atoms with E-state index in [9.17, 15) is 14.4 Å². The minimum Gasteiger partial charge on any atom is -0.497 e. The zero-order chi connectivity index (χ0) is 22.9. The lowest BCUT2D eigenvalue weighted by Crippen LogP contribution is -2.45. The highest BCUT2D eigenvalue weighted by molar-refractivity contribution is 5.97. The summed E-state index contributed by atoms with van der Waals surface area (Å²) in [6.07, 6.45) is 5.70. The first-order valence-corrected chi connectivity index (χ1v) is 11.6. The van der Waals surface area contributed by atoms with Gasteiger partial charge in [-0.25, -0.2) is 0 Å². The Balaban J connectivity index is 1.58. The zero-order valence-electron chi connectivity index (χ0n) is 19.2. The van der Waals surface area contributed by atoms with Crippen LogP contribution >= 0.6 is 0 Å². The number of nitrogens with one attached hydrogen (secondary N) is 1. The topological polar surface area (TPSA) is 88.2 Å². The first kappa shape index (κ1) is 23.9. The van der Waals surface area contributed by atoms with Crippen LogP contribution in [0.2, 0.25) is 0 Å². The molecule has 2 saturated heterocycles. The number of carbonyl (C=O) groups excluding carboxylic acids is 3. The van der Waals surface area contributed by atoms with Gasteiger partial charge >= 0.3 is 0 Å². The van der Waals surface area contributed by atoms with Crippen molar-refractivity contribution in [3.63, 3.8) is 0 Å². The van der Waals surface area contributed by atoms with Crippen molar-refractivity contribution in [2.75, 3.05) is 46.9 Å². The maximum atomic E-state index is 13.2. The molecule has 2 fully saturated rings. The van der Waals surface area contributed by atoms with Crippen molar-refractivity contribution in [3.8, 4) is 11.5 Å². The number of piperidine rings is 1. The molecule has 3 amide bonds. The van der Waals surface area contributed by atoms with Gasteiger partial charge < -0.3 is 24.6 Å². The van der Waals surface area contributed by atoms with Crippen LogP contribution in [0.25, 0.3) is 0 Å². The fourth-order valence-corrected chi connectivity index (χ4v) is 4.40. The highest BCUT2D eigenvalue weighted by Crippen LogP contribution is 2.28. The third-order valence-electron chi connectivity index (χ3n) is 6.37. The number of benzene rings is 1. The van der Waals surface area contributed by atoms with E-state index >= 15 is 0 Å². The molecule has 1 N–H and O–H groups in total. The smallest absolute Gasteiger partial charge is 0.257 e. The molecule has 0 aliphatic carbocycles. The quantitative estimate of drug-likeness (QED) is 0.769. The molecule has 1 aromatic rings. The Labute approximate surface area is 190 Å². The van der Waals surface area contributed by atoms with E-state index in [4.69, 9.17) is 9.47 Å². The Kier molecular flexibility index (Phi) is 8.76. The van der Waals surface area contributed by atoms with Crippen LogP contribution < -0.4 is 14.8 Å². The summed E-state index contributed by atoms with van der Waals surface area (Å²) in [5.74, 6) is 1.04. The first-order valence-electron chi connectivity index (χ1n) is 11.6. The van der Waals surface area contributed by atoms with Gasteiger partial charge in [0, 0.05) is 51.1 Å². The lowest BCUT2D eigenvalue weighted by Gasteiger charge is -2.34. The van der Waals surface area contributed by atoms with Gasteiger partial charge in [-0.05, 0) is 37.8 Å². The average Bonchev–Trinajstić information content (AvgIpc) is 2.88. The number of hydrogen-bond donors (Lipinski definition) is 1. The van der Waals surface area contributed by atoms with Gasteiger partial charge in [0.15, 0.2) is 0 Å². The fourth-order valence-electron chi connectivity index (χ4n) is 4.40. The van der Waals surface area contributed by atoms with Gasteiger partial charge in [0.1, 0.15) is 11.5 Å². The summed E-state index contributed by atoms with van der Waals surface area (Å²) in [5.41, 5.74) is 0.497. The van der Waals surface area contributed by atoms with Gasteiger partial charge in [0.05, 0.1) is 19.8 Å². The Morgan fingerprint density at radius 2 is 1.69 bits per heavy atom. The molecule has 0 spiro atoms. The lowest BCUT2D eigenvalue weighted by molar-refractivity contribution is -0.137. The normalized spacial score (nSPS) is 19.0. The molecule has 2 aliphatic rings. The van der Waals surface area contributed by atoms with Crippen LogP contribution in [0.5, 0.6) is 11.5 Å². The first-order chi connectivity index (χ1) is 15.5. The van der Waals surface area contributed by atoms with Crippen molar-refractivity contribution in [1.82, 2.24) is 15.1 Å². The standard InChI is InChI=1S/C24H35N3O5/c1-31-19-7-8-20(21(17-19)32-2)24(30)27-14-9-18(10-15-27)23(29)26-13-6-4-3-5-12-25-22(28)11-16-26/h7-8,17-18H,3-6,9-16H2,1-2H3,(H,25,28). The number of hydrogen-bond acceptors (Lipinski definition) is 5. The number of likely N-dealkylation sites (tertiary alicyclic amines) is 1. The van der Waals surface area contributed by atoms with Crippen molar-refractivity contribution >= 4 is 17.7 Å². The Morgan fingerprint density at radius 3 is 2.41 bits per heavy atom. The number of amides is 3. The molecular formula is C24H35N3O5. The van der Waals surface area contributed by atoms with Gasteiger partial charge in [-0.1, -0.05) is 12.8 Å². The molecule has 32 heavy (non-hydrogen) atoms. The highest BCUT2D eigenvalue weighted by Gasteiger charge is 2.31. The van der Waals surface area contributed by atoms with E-state index in [0.29, 0.717) is 62.5 Å². The molecule has 0 radical (unpaired) electrons. The summed E-state index contributed by atoms with van der Waals surface area (Å²) in [6, 6.07) is 5.17. The van der Waals surface area contributed by atoms with Gasteiger partial charge in [-0.15, -0.1) is 0 Å². The Hall–Kier alpha value is -2.77. The molecule has 2 aliphatic heterocycles. The maximum absolute atomic E-state index is 13.2. The number of carbonyl (C=O) groups is 3. The molecule has 0 unspecified atom stereocenters. The summed E-state index contributed by atoms with van der Waals surface area (Å²) in [5, 5.41) is 2.93. The minimum absolute atomic E-state index is 0.0126. The predicted octanol–water partition coefficient (Wildman–Crippen LogP) is 2.46. The van der Waals surface area contributed by atoms with E-state index in [1.54, 1.807) is 30.2 Å². The van der Waals surface area contributed by atoms with E-state index in [-0.39, 0.29) is 23.6 Å². The second kappa shape index (κ2) is 11.7. The largest absolute Gasteiger partial charge is 0.497 e. The summed E-state index contributed by atoms with van der Waals surface area (Å²) >= 11 is 0. The van der Waals surface area contributed by atoms with Crippen LogP contribution in [0.3, 0.4) is 0 Å². The molecule has 0 atom stereocenters. The predicted molar refractivity (Wildman–Crippen MR) is 121 cm³/mol. The van der Waals surface area contributed by atoms with Crippen molar-refractivity contribution in [3.05, 3.63) is 23.8 Å². The number of ether oxygens (including phenoxy) is 2. The summed E-state index contributed by atoms with van der Waals surface area (Å²) in [4.78, 5) is 41.9. The van der Waals surface area contributed by atoms with E-state index in [1.807, 2.05) is 4.90 Å². The molecule has 8 heteroatoms. The minimum atomic E-state index is -0.106. The number of nitrogens with zero attached hydrogens (tertiary/aromatic N) is 2. The Morgan fingerprint density at radius 1 is 0.938 bits per heavy atom. The molecule has 0 saturated carbocycles. The lowest BCUT2D eigenvalue weighted by atomic mass is 9.94. The van der Waals surface area contributed by atoms with Gasteiger partial charge in [0.25, 0.3) is 5.91 Å². The van der Waals surface area contributed by atoms with Crippen molar-refractivity contribution in [2.45, 2.75) is 44.9 Å². The molecule has 0 bridgehead atoms. The summed E-state index contributed by atoms with van der Waals surface area (Å²) in [7, 11) is 3.10. The maximum Gasteiger partial charge on any atom is 0.257 e. The molecule has 1 aromatic carbocycles. The average molecular weight is 446 g/mol. The van der Waals surface area contributed by atoms with E-state index in [1.165, 1.54) is 7.11 Å².